The lowest BCUT2D eigenvalue weighted by molar-refractivity contribution is -0.142. The monoisotopic (exact) mass is 413 g/mol. The summed E-state index contributed by atoms with van der Waals surface area (Å²) in [4.78, 5) is 41.4. The van der Waals surface area contributed by atoms with E-state index in [1.165, 1.54) is 0 Å². The molecule has 1 aliphatic carbocycles. The van der Waals surface area contributed by atoms with Gasteiger partial charge in [-0.1, -0.05) is 26.7 Å². The Balaban J connectivity index is 1.78. The second-order valence-electron chi connectivity index (χ2n) is 8.55. The molecule has 0 aromatic carbocycles. The van der Waals surface area contributed by atoms with Crippen molar-refractivity contribution in [3.8, 4) is 0 Å². The average Bonchev–Trinajstić information content (AvgIpc) is 3.10. The zero-order chi connectivity index (χ0) is 20.7. The number of hydrogen-bond donors (Lipinski definition) is 1. The van der Waals surface area contributed by atoms with E-state index in [1.54, 1.807) is 4.90 Å². The van der Waals surface area contributed by atoms with Gasteiger partial charge in [0.15, 0.2) is 9.84 Å². The highest BCUT2D eigenvalue weighted by Gasteiger charge is 2.55. The van der Waals surface area contributed by atoms with Crippen LogP contribution in [0, 0.1) is 5.92 Å². The molecule has 0 aromatic heterocycles. The van der Waals surface area contributed by atoms with Crippen molar-refractivity contribution in [1.82, 2.24) is 15.1 Å². The lowest BCUT2D eigenvalue weighted by atomic mass is 9.73. The number of imide groups is 1. The fourth-order valence-corrected chi connectivity index (χ4v) is 6.57. The van der Waals surface area contributed by atoms with Gasteiger partial charge in [-0.25, -0.2) is 13.2 Å². The van der Waals surface area contributed by atoms with Crippen LogP contribution in [0.3, 0.4) is 0 Å². The van der Waals surface area contributed by atoms with Gasteiger partial charge in [-0.05, 0) is 38.5 Å². The van der Waals surface area contributed by atoms with Gasteiger partial charge >= 0.3 is 6.03 Å². The molecule has 2 heterocycles. The molecule has 0 radical (unpaired) electrons. The maximum absolute atomic E-state index is 13.1. The second-order valence-corrected chi connectivity index (χ2v) is 10.8. The summed E-state index contributed by atoms with van der Waals surface area (Å²) in [6.07, 6.45) is 4.44. The highest BCUT2D eigenvalue weighted by Crippen LogP contribution is 2.38. The highest BCUT2D eigenvalue weighted by atomic mass is 32.2. The summed E-state index contributed by atoms with van der Waals surface area (Å²) in [5.74, 6) is -0.628. The predicted molar refractivity (Wildman–Crippen MR) is 104 cm³/mol. The zero-order valence-electron chi connectivity index (χ0n) is 16.9. The molecule has 0 bridgehead atoms. The van der Waals surface area contributed by atoms with E-state index in [0.29, 0.717) is 19.3 Å². The van der Waals surface area contributed by atoms with E-state index in [9.17, 15) is 22.8 Å². The molecular weight excluding hydrogens is 382 g/mol. The molecule has 2 aliphatic heterocycles. The van der Waals surface area contributed by atoms with Gasteiger partial charge in [-0.15, -0.1) is 0 Å². The molecule has 8 nitrogen and oxygen atoms in total. The van der Waals surface area contributed by atoms with Crippen molar-refractivity contribution in [2.45, 2.75) is 76.9 Å². The Kier molecular flexibility index (Phi) is 5.76. The van der Waals surface area contributed by atoms with Gasteiger partial charge in [0.1, 0.15) is 12.1 Å². The van der Waals surface area contributed by atoms with Gasteiger partial charge in [0.25, 0.3) is 5.91 Å². The zero-order valence-corrected chi connectivity index (χ0v) is 17.8. The van der Waals surface area contributed by atoms with E-state index in [4.69, 9.17) is 0 Å². The van der Waals surface area contributed by atoms with Crippen molar-refractivity contribution in [1.29, 1.82) is 0 Å². The number of nitrogens with zero attached hydrogens (tertiary/aromatic N) is 2. The first-order valence-electron chi connectivity index (χ1n) is 10.3. The second kappa shape index (κ2) is 7.65. The van der Waals surface area contributed by atoms with Crippen LogP contribution >= 0.6 is 0 Å². The normalized spacial score (nSPS) is 33.2. The summed E-state index contributed by atoms with van der Waals surface area (Å²) in [7, 11) is -3.15. The van der Waals surface area contributed by atoms with Gasteiger partial charge in [0.2, 0.25) is 5.91 Å². The number of carbonyl (C=O) groups excluding carboxylic acids is 3. The first-order valence-corrected chi connectivity index (χ1v) is 12.1. The Morgan fingerprint density at radius 2 is 2.04 bits per heavy atom. The lowest BCUT2D eigenvalue weighted by Crippen LogP contribution is -2.55. The maximum atomic E-state index is 13.1. The molecule has 2 saturated heterocycles. The van der Waals surface area contributed by atoms with E-state index < -0.39 is 27.4 Å². The third kappa shape index (κ3) is 3.65. The SMILES string of the molecule is CC[C@H](C)N(C(=O)CN1C(=O)N[C@]2(CCCC[C@@H]2C)C1=O)[C@@H]1CCS(=O)(=O)C1. The van der Waals surface area contributed by atoms with Crippen molar-refractivity contribution in [3.63, 3.8) is 0 Å². The molecular formula is C19H31N3O5S. The summed E-state index contributed by atoms with van der Waals surface area (Å²) < 4.78 is 23.8. The van der Waals surface area contributed by atoms with Crippen LogP contribution in [0.5, 0.6) is 0 Å². The Hall–Kier alpha value is -1.64. The number of urea groups is 1. The molecule has 0 unspecified atom stereocenters. The number of amides is 4. The third-order valence-electron chi connectivity index (χ3n) is 6.75. The minimum atomic E-state index is -3.15. The number of carbonyl (C=O) groups is 3. The van der Waals surface area contributed by atoms with Gasteiger partial charge in [-0.2, -0.15) is 0 Å². The van der Waals surface area contributed by atoms with Crippen LogP contribution in [0.4, 0.5) is 4.79 Å². The molecule has 3 rings (SSSR count). The van der Waals surface area contributed by atoms with Crippen LogP contribution in [0.15, 0.2) is 0 Å². The maximum Gasteiger partial charge on any atom is 0.325 e. The number of hydrogen-bond acceptors (Lipinski definition) is 5. The molecule has 9 heteroatoms. The lowest BCUT2D eigenvalue weighted by Gasteiger charge is -2.37. The number of nitrogens with one attached hydrogen (secondary N) is 1. The molecule has 1 spiro atoms. The van der Waals surface area contributed by atoms with Crippen molar-refractivity contribution >= 4 is 27.7 Å². The molecule has 28 heavy (non-hydrogen) atoms. The van der Waals surface area contributed by atoms with Crippen LogP contribution < -0.4 is 5.32 Å². The van der Waals surface area contributed by atoms with E-state index in [2.05, 4.69) is 5.32 Å². The summed E-state index contributed by atoms with van der Waals surface area (Å²) in [6.45, 7) is 5.44. The van der Waals surface area contributed by atoms with E-state index >= 15 is 0 Å². The molecule has 3 fully saturated rings. The van der Waals surface area contributed by atoms with Gasteiger partial charge in [-0.3, -0.25) is 14.5 Å². The largest absolute Gasteiger partial charge is 0.334 e. The topological polar surface area (TPSA) is 104 Å². The van der Waals surface area contributed by atoms with Crippen LogP contribution in [0.1, 0.15) is 59.3 Å². The Morgan fingerprint density at radius 1 is 1.32 bits per heavy atom. The Morgan fingerprint density at radius 3 is 2.61 bits per heavy atom. The van der Waals surface area contributed by atoms with Crippen LogP contribution in [0.2, 0.25) is 0 Å². The smallest absolute Gasteiger partial charge is 0.325 e. The molecule has 1 saturated carbocycles. The van der Waals surface area contributed by atoms with E-state index in [1.807, 2.05) is 20.8 Å². The molecule has 1 N–H and O–H groups in total. The Labute approximate surface area is 166 Å². The summed E-state index contributed by atoms with van der Waals surface area (Å²) in [5.41, 5.74) is -0.895. The number of sulfone groups is 1. The average molecular weight is 414 g/mol. The van der Waals surface area contributed by atoms with Crippen molar-refractivity contribution in [3.05, 3.63) is 0 Å². The summed E-state index contributed by atoms with van der Waals surface area (Å²) in [6, 6.07) is -1.07. The van der Waals surface area contributed by atoms with Crippen LogP contribution in [-0.4, -0.2) is 71.7 Å². The number of rotatable bonds is 5. The summed E-state index contributed by atoms with van der Waals surface area (Å²) in [5, 5.41) is 2.86. The third-order valence-corrected chi connectivity index (χ3v) is 8.50. The summed E-state index contributed by atoms with van der Waals surface area (Å²) >= 11 is 0. The first kappa shape index (κ1) is 21.1. The van der Waals surface area contributed by atoms with Gasteiger partial charge < -0.3 is 10.2 Å². The first-order chi connectivity index (χ1) is 13.1. The fraction of sp³-hybridized carbons (Fsp3) is 0.842. The van der Waals surface area contributed by atoms with E-state index in [-0.39, 0.29) is 41.8 Å². The molecule has 0 aromatic rings. The fourth-order valence-electron chi connectivity index (χ4n) is 4.86. The molecule has 4 amide bonds. The minimum Gasteiger partial charge on any atom is -0.334 e. The highest BCUT2D eigenvalue weighted by molar-refractivity contribution is 7.91. The molecule has 4 atom stereocenters. The molecule has 3 aliphatic rings. The van der Waals surface area contributed by atoms with Gasteiger partial charge in [0.05, 0.1) is 11.5 Å². The van der Waals surface area contributed by atoms with Crippen LogP contribution in [0.25, 0.3) is 0 Å². The van der Waals surface area contributed by atoms with Crippen molar-refractivity contribution < 1.29 is 22.8 Å². The van der Waals surface area contributed by atoms with E-state index in [0.717, 1.165) is 24.2 Å². The minimum absolute atomic E-state index is 0.0310. The van der Waals surface area contributed by atoms with Crippen molar-refractivity contribution in [2.75, 3.05) is 18.1 Å². The molecule has 158 valence electrons. The quantitative estimate of drug-likeness (QED) is 0.684. The van der Waals surface area contributed by atoms with Crippen LogP contribution in [-0.2, 0) is 19.4 Å². The Bertz CT molecular complexity index is 768. The standard InChI is InChI=1S/C19H31N3O5S/c1-4-14(3)22(15-8-10-28(26,27)12-15)16(23)11-21-17(24)19(20-18(21)25)9-6-5-7-13(19)2/h13-15H,4-12H2,1-3H3,(H,20,25)/t13-,14-,15+,19-/m0/s1. The predicted octanol–water partition coefficient (Wildman–Crippen LogP) is 1.30. The van der Waals surface area contributed by atoms with Gasteiger partial charge in [0, 0.05) is 12.1 Å². The van der Waals surface area contributed by atoms with Crippen molar-refractivity contribution in [2.24, 2.45) is 5.92 Å².